The van der Waals surface area contributed by atoms with Gasteiger partial charge in [-0.1, -0.05) is 72.8 Å². The van der Waals surface area contributed by atoms with Crippen LogP contribution >= 0.6 is 0 Å². The molecule has 4 aromatic rings. The van der Waals surface area contributed by atoms with Gasteiger partial charge in [0.2, 0.25) is 15.8 Å². The van der Waals surface area contributed by atoms with E-state index in [1.54, 1.807) is 12.1 Å². The molecule has 0 fully saturated rings. The van der Waals surface area contributed by atoms with Crippen LogP contribution in [0.25, 0.3) is 10.8 Å². The minimum atomic E-state index is -3.80. The molecule has 0 aliphatic carbocycles. The third-order valence-electron chi connectivity index (χ3n) is 6.23. The first kappa shape index (κ1) is 23.0. The molecule has 0 atom stereocenters. The van der Waals surface area contributed by atoms with Crippen molar-refractivity contribution in [2.75, 3.05) is 13.2 Å². The van der Waals surface area contributed by atoms with Crippen molar-refractivity contribution in [2.24, 2.45) is 0 Å². The maximum absolute atomic E-state index is 13.3. The van der Waals surface area contributed by atoms with Crippen LogP contribution < -0.4 is 0 Å². The van der Waals surface area contributed by atoms with E-state index in [0.29, 0.717) is 18.5 Å². The lowest BCUT2D eigenvalue weighted by molar-refractivity contribution is 0.0475. The van der Waals surface area contributed by atoms with E-state index in [9.17, 15) is 18.0 Å². The molecule has 0 bridgehead atoms. The monoisotopic (exact) mass is 485 g/mol. The number of hydrogen-bond donors (Lipinski definition) is 0. The Bertz CT molecular complexity index is 1540. The first-order valence-corrected chi connectivity index (χ1v) is 12.7. The molecule has 6 nitrogen and oxygen atoms in total. The molecule has 0 N–H and O–H groups in total. The lowest BCUT2D eigenvalue weighted by Crippen LogP contribution is -2.36. The molecule has 0 radical (unpaired) electrons. The third-order valence-corrected chi connectivity index (χ3v) is 8.07. The van der Waals surface area contributed by atoms with Crippen LogP contribution in [0.4, 0.5) is 0 Å². The second-order valence-corrected chi connectivity index (χ2v) is 10.3. The summed E-state index contributed by atoms with van der Waals surface area (Å²) < 4.78 is 33.2. The molecule has 0 aromatic heterocycles. The number of esters is 1. The summed E-state index contributed by atoms with van der Waals surface area (Å²) in [5.41, 5.74) is 2.67. The van der Waals surface area contributed by atoms with Gasteiger partial charge < -0.3 is 4.74 Å². The lowest BCUT2D eigenvalue weighted by atomic mass is 10.0. The van der Waals surface area contributed by atoms with Crippen molar-refractivity contribution in [1.82, 2.24) is 4.31 Å². The summed E-state index contributed by atoms with van der Waals surface area (Å²) in [6, 6.07) is 26.4. The molecular weight excluding hydrogens is 462 g/mol. The summed E-state index contributed by atoms with van der Waals surface area (Å²) in [5.74, 6) is -1.08. The number of ketones is 1. The number of fused-ring (bicyclic) bond motifs is 2. The SMILES string of the molecule is O=C(OCC(=O)c1cccc2ccccc12)c1cccc(S(=O)(=O)N2CCc3ccccc3C2)c1. The highest BCUT2D eigenvalue weighted by Crippen LogP contribution is 2.25. The second kappa shape index (κ2) is 9.44. The highest BCUT2D eigenvalue weighted by molar-refractivity contribution is 7.89. The van der Waals surface area contributed by atoms with Gasteiger partial charge in [0.15, 0.2) is 6.61 Å². The minimum absolute atomic E-state index is 0.0201. The van der Waals surface area contributed by atoms with Gasteiger partial charge >= 0.3 is 5.97 Å². The van der Waals surface area contributed by atoms with Crippen molar-refractivity contribution in [2.45, 2.75) is 17.9 Å². The maximum atomic E-state index is 13.3. The summed E-state index contributed by atoms with van der Waals surface area (Å²) in [6.45, 7) is 0.215. The summed E-state index contributed by atoms with van der Waals surface area (Å²) in [5, 5.41) is 1.70. The Labute approximate surface area is 203 Å². The van der Waals surface area contributed by atoms with Crippen molar-refractivity contribution in [1.29, 1.82) is 0 Å². The molecule has 0 saturated heterocycles. The summed E-state index contributed by atoms with van der Waals surface area (Å²) in [4.78, 5) is 25.4. The fraction of sp³-hybridized carbons (Fsp3) is 0.143. The largest absolute Gasteiger partial charge is 0.454 e. The molecule has 0 saturated carbocycles. The molecular formula is C28H23NO5S. The Morgan fingerprint density at radius 2 is 1.54 bits per heavy atom. The van der Waals surface area contributed by atoms with Crippen molar-refractivity contribution < 1.29 is 22.7 Å². The topological polar surface area (TPSA) is 80.8 Å². The molecule has 176 valence electrons. The third kappa shape index (κ3) is 4.60. The number of rotatable bonds is 6. The number of ether oxygens (including phenoxy) is 1. The van der Waals surface area contributed by atoms with Crippen LogP contribution in [0, 0.1) is 0 Å². The van der Waals surface area contributed by atoms with Crippen LogP contribution in [-0.4, -0.2) is 37.6 Å². The lowest BCUT2D eigenvalue weighted by Gasteiger charge is -2.28. The van der Waals surface area contributed by atoms with Crippen molar-refractivity contribution in [3.05, 3.63) is 113 Å². The van der Waals surface area contributed by atoms with E-state index < -0.39 is 22.6 Å². The average molecular weight is 486 g/mol. The van der Waals surface area contributed by atoms with Gasteiger partial charge in [-0.25, -0.2) is 13.2 Å². The van der Waals surface area contributed by atoms with Crippen molar-refractivity contribution >= 4 is 32.5 Å². The van der Waals surface area contributed by atoms with Gasteiger partial charge in [-0.2, -0.15) is 4.31 Å². The Morgan fingerprint density at radius 3 is 2.40 bits per heavy atom. The van der Waals surface area contributed by atoms with Crippen LogP contribution in [0.5, 0.6) is 0 Å². The Hall–Kier alpha value is -3.81. The van der Waals surface area contributed by atoms with Gasteiger partial charge in [-0.15, -0.1) is 0 Å². The molecule has 5 rings (SSSR count). The number of Topliss-reactive ketones (excluding diaryl/α,β-unsaturated/α-hetero) is 1. The van der Waals surface area contributed by atoms with Gasteiger partial charge in [0.1, 0.15) is 0 Å². The zero-order valence-corrected chi connectivity index (χ0v) is 19.7. The van der Waals surface area contributed by atoms with E-state index >= 15 is 0 Å². The minimum Gasteiger partial charge on any atom is -0.454 e. The molecule has 1 aliphatic rings. The quantitative estimate of drug-likeness (QED) is 0.294. The zero-order valence-electron chi connectivity index (χ0n) is 18.9. The maximum Gasteiger partial charge on any atom is 0.338 e. The molecule has 35 heavy (non-hydrogen) atoms. The highest BCUT2D eigenvalue weighted by Gasteiger charge is 2.29. The second-order valence-electron chi connectivity index (χ2n) is 8.41. The van der Waals surface area contributed by atoms with Crippen molar-refractivity contribution in [3.8, 4) is 0 Å². The zero-order chi connectivity index (χ0) is 24.4. The van der Waals surface area contributed by atoms with Crippen LogP contribution in [0.2, 0.25) is 0 Å². The van der Waals surface area contributed by atoms with E-state index in [-0.39, 0.29) is 22.8 Å². The van der Waals surface area contributed by atoms with E-state index in [0.717, 1.165) is 21.9 Å². The van der Waals surface area contributed by atoms with Crippen LogP contribution in [0.1, 0.15) is 31.8 Å². The van der Waals surface area contributed by atoms with Crippen molar-refractivity contribution in [3.63, 3.8) is 0 Å². The molecule has 1 heterocycles. The van der Waals surface area contributed by atoms with Crippen LogP contribution in [-0.2, 0) is 27.7 Å². The predicted octanol–water partition coefficient (Wildman–Crippen LogP) is 4.63. The number of carbonyl (C=O) groups is 2. The van der Waals surface area contributed by atoms with Gasteiger partial charge in [-0.05, 0) is 46.5 Å². The van der Waals surface area contributed by atoms with E-state index in [1.807, 2.05) is 54.6 Å². The van der Waals surface area contributed by atoms with Crippen LogP contribution in [0.15, 0.2) is 95.9 Å². The first-order chi connectivity index (χ1) is 16.9. The van der Waals surface area contributed by atoms with Gasteiger partial charge in [-0.3, -0.25) is 4.79 Å². The summed E-state index contributed by atoms with van der Waals surface area (Å²) >= 11 is 0. The highest BCUT2D eigenvalue weighted by atomic mass is 32.2. The van der Waals surface area contributed by atoms with E-state index in [1.165, 1.54) is 28.6 Å². The number of carbonyl (C=O) groups excluding carboxylic acids is 2. The Morgan fingerprint density at radius 1 is 0.829 bits per heavy atom. The number of nitrogens with zero attached hydrogens (tertiary/aromatic N) is 1. The smallest absolute Gasteiger partial charge is 0.338 e. The van der Waals surface area contributed by atoms with Gasteiger partial charge in [0.05, 0.1) is 10.5 Å². The molecule has 7 heteroatoms. The van der Waals surface area contributed by atoms with Gasteiger partial charge in [0.25, 0.3) is 0 Å². The molecule has 1 aliphatic heterocycles. The predicted molar refractivity (Wildman–Crippen MR) is 133 cm³/mol. The summed E-state index contributed by atoms with van der Waals surface area (Å²) in [6.07, 6.45) is 0.632. The number of benzene rings is 4. The van der Waals surface area contributed by atoms with Gasteiger partial charge in [0, 0.05) is 18.7 Å². The molecule has 0 unspecified atom stereocenters. The van der Waals surface area contributed by atoms with Crippen LogP contribution in [0.3, 0.4) is 0 Å². The average Bonchev–Trinajstić information content (AvgIpc) is 2.91. The Balaban J connectivity index is 1.30. The fourth-order valence-electron chi connectivity index (χ4n) is 4.37. The Kier molecular flexibility index (Phi) is 6.19. The fourth-order valence-corrected chi connectivity index (χ4v) is 5.83. The molecule has 0 amide bonds. The number of hydrogen-bond acceptors (Lipinski definition) is 5. The van der Waals surface area contributed by atoms with E-state index in [2.05, 4.69) is 0 Å². The number of sulfonamides is 1. The normalized spacial score (nSPS) is 13.8. The van der Waals surface area contributed by atoms with E-state index in [4.69, 9.17) is 4.74 Å². The first-order valence-electron chi connectivity index (χ1n) is 11.3. The summed E-state index contributed by atoms with van der Waals surface area (Å²) in [7, 11) is -3.80. The molecule has 0 spiro atoms. The standard InChI is InChI=1S/C28H23NO5S/c30-27(26-14-6-10-21-8-3-4-13-25(21)26)19-34-28(31)22-11-5-12-24(17-22)35(32,33)29-16-15-20-7-1-2-9-23(20)18-29/h1-14,17H,15-16,18-19H2. The molecule has 4 aromatic carbocycles.